The Morgan fingerprint density at radius 1 is 1.37 bits per heavy atom. The molecule has 0 bridgehead atoms. The summed E-state index contributed by atoms with van der Waals surface area (Å²) in [6, 6.07) is 1.14. The van der Waals surface area contributed by atoms with Crippen LogP contribution in [0.1, 0.15) is 12.8 Å². The second-order valence-electron chi connectivity index (χ2n) is 4.42. The van der Waals surface area contributed by atoms with Crippen molar-refractivity contribution in [2.45, 2.75) is 17.7 Å². The number of hydrogen-bond donors (Lipinski definition) is 2. The minimum atomic E-state index is -3.62. The summed E-state index contributed by atoms with van der Waals surface area (Å²) in [5, 5.41) is -0.143. The van der Waals surface area contributed by atoms with Crippen LogP contribution in [-0.2, 0) is 10.0 Å². The highest BCUT2D eigenvalue weighted by Gasteiger charge is 2.14. The largest absolute Gasteiger partial charge is 0.326 e. The van der Waals surface area contributed by atoms with E-state index in [0.29, 0.717) is 6.54 Å². The Hall–Kier alpha value is -0.890. The number of sulfonamides is 1. The quantitative estimate of drug-likeness (QED) is 0.725. The molecule has 0 aliphatic rings. The van der Waals surface area contributed by atoms with E-state index in [1.54, 1.807) is 0 Å². The van der Waals surface area contributed by atoms with Crippen molar-refractivity contribution in [3.63, 3.8) is 0 Å². The number of nitrogens with zero attached hydrogens (tertiary/aromatic N) is 1. The van der Waals surface area contributed by atoms with E-state index in [1.807, 2.05) is 19.0 Å². The first-order valence-corrected chi connectivity index (χ1v) is 7.71. The summed E-state index contributed by atoms with van der Waals surface area (Å²) in [6.45, 7) is 1.26. The fourth-order valence-corrected chi connectivity index (χ4v) is 2.74. The zero-order valence-electron chi connectivity index (χ0n) is 10.9. The number of aromatic amines is 1. The van der Waals surface area contributed by atoms with Crippen LogP contribution in [0.5, 0.6) is 0 Å². The van der Waals surface area contributed by atoms with Crippen molar-refractivity contribution in [1.82, 2.24) is 14.6 Å². The number of rotatable bonds is 7. The third-order valence-corrected chi connectivity index (χ3v) is 4.19. The molecular weight excluding hydrogens is 290 g/mol. The van der Waals surface area contributed by atoms with Crippen LogP contribution in [0.3, 0.4) is 0 Å². The Morgan fingerprint density at radius 2 is 2.05 bits per heavy atom. The van der Waals surface area contributed by atoms with Gasteiger partial charge in [-0.1, -0.05) is 11.6 Å². The second-order valence-corrected chi connectivity index (χ2v) is 6.59. The lowest BCUT2D eigenvalue weighted by Crippen LogP contribution is -2.26. The van der Waals surface area contributed by atoms with Gasteiger partial charge in [0, 0.05) is 12.7 Å². The van der Waals surface area contributed by atoms with E-state index in [-0.39, 0.29) is 9.92 Å². The van der Waals surface area contributed by atoms with Gasteiger partial charge in [-0.15, -0.1) is 0 Å². The Bertz CT molecular complexity index is 569. The highest BCUT2D eigenvalue weighted by molar-refractivity contribution is 7.89. The Labute approximate surface area is 117 Å². The summed E-state index contributed by atoms with van der Waals surface area (Å²) in [5.74, 6) is 0. The summed E-state index contributed by atoms with van der Waals surface area (Å²) in [5.41, 5.74) is -0.508. The van der Waals surface area contributed by atoms with Crippen LogP contribution in [-0.4, -0.2) is 45.5 Å². The van der Waals surface area contributed by atoms with Gasteiger partial charge in [0.25, 0.3) is 5.56 Å². The first-order chi connectivity index (χ1) is 8.83. The Kier molecular flexibility index (Phi) is 5.99. The smallest absolute Gasteiger partial charge is 0.266 e. The average Bonchev–Trinajstić information content (AvgIpc) is 2.31. The second kappa shape index (κ2) is 7.04. The van der Waals surface area contributed by atoms with Gasteiger partial charge < -0.3 is 9.88 Å². The zero-order chi connectivity index (χ0) is 14.5. The van der Waals surface area contributed by atoms with Crippen molar-refractivity contribution in [2.24, 2.45) is 0 Å². The molecule has 1 aromatic rings. The zero-order valence-corrected chi connectivity index (χ0v) is 12.5. The van der Waals surface area contributed by atoms with Gasteiger partial charge in [0.05, 0.1) is 4.90 Å². The third-order valence-electron chi connectivity index (χ3n) is 2.47. The monoisotopic (exact) mass is 307 g/mol. The van der Waals surface area contributed by atoms with Crippen LogP contribution in [0, 0.1) is 0 Å². The molecule has 1 aromatic heterocycles. The number of aromatic nitrogens is 1. The SMILES string of the molecule is CN(C)CCCCNS(=O)(=O)c1c[nH]c(=O)c(Cl)c1. The fourth-order valence-electron chi connectivity index (χ4n) is 1.44. The summed E-state index contributed by atoms with van der Waals surface area (Å²) < 4.78 is 26.2. The van der Waals surface area contributed by atoms with E-state index < -0.39 is 15.6 Å². The molecule has 0 atom stereocenters. The predicted molar refractivity (Wildman–Crippen MR) is 75.0 cm³/mol. The highest BCUT2D eigenvalue weighted by Crippen LogP contribution is 2.10. The molecule has 0 unspecified atom stereocenters. The van der Waals surface area contributed by atoms with Gasteiger partial charge in [0.15, 0.2) is 0 Å². The van der Waals surface area contributed by atoms with Crippen molar-refractivity contribution in [3.05, 3.63) is 27.6 Å². The molecular formula is C11H18ClN3O3S. The molecule has 1 rings (SSSR count). The lowest BCUT2D eigenvalue weighted by Gasteiger charge is -2.09. The Balaban J connectivity index is 2.56. The molecule has 0 saturated heterocycles. The maximum Gasteiger partial charge on any atom is 0.266 e. The summed E-state index contributed by atoms with van der Waals surface area (Å²) in [6.07, 6.45) is 2.78. The van der Waals surface area contributed by atoms with Gasteiger partial charge in [-0.2, -0.15) is 0 Å². The van der Waals surface area contributed by atoms with E-state index in [4.69, 9.17) is 11.6 Å². The van der Waals surface area contributed by atoms with Crippen LogP contribution in [0.15, 0.2) is 22.0 Å². The van der Waals surface area contributed by atoms with Crippen LogP contribution < -0.4 is 10.3 Å². The molecule has 0 aromatic carbocycles. The molecule has 0 fully saturated rings. The van der Waals surface area contributed by atoms with Crippen LogP contribution in [0.2, 0.25) is 5.02 Å². The minimum absolute atomic E-state index is 0.0373. The number of nitrogens with one attached hydrogen (secondary N) is 2. The van der Waals surface area contributed by atoms with E-state index in [9.17, 15) is 13.2 Å². The summed E-state index contributed by atoms with van der Waals surface area (Å²) in [4.78, 5) is 15.3. The van der Waals surface area contributed by atoms with Gasteiger partial charge in [0.2, 0.25) is 10.0 Å². The molecule has 0 aliphatic heterocycles. The predicted octanol–water partition coefficient (Wildman–Crippen LogP) is 0.648. The van der Waals surface area contributed by atoms with E-state index >= 15 is 0 Å². The van der Waals surface area contributed by atoms with Crippen molar-refractivity contribution >= 4 is 21.6 Å². The van der Waals surface area contributed by atoms with Crippen LogP contribution in [0.25, 0.3) is 0 Å². The van der Waals surface area contributed by atoms with Gasteiger partial charge in [-0.3, -0.25) is 4.79 Å². The normalized spacial score (nSPS) is 12.0. The molecule has 1 heterocycles. The maximum atomic E-state index is 11.9. The summed E-state index contributed by atoms with van der Waals surface area (Å²) in [7, 11) is 0.311. The minimum Gasteiger partial charge on any atom is -0.326 e. The van der Waals surface area contributed by atoms with E-state index in [2.05, 4.69) is 9.71 Å². The van der Waals surface area contributed by atoms with Crippen molar-refractivity contribution < 1.29 is 8.42 Å². The topological polar surface area (TPSA) is 82.3 Å². The molecule has 8 heteroatoms. The molecule has 19 heavy (non-hydrogen) atoms. The fraction of sp³-hybridized carbons (Fsp3) is 0.545. The standard InChI is InChI=1S/C11H18ClN3O3S/c1-15(2)6-4-3-5-14-19(17,18)9-7-10(12)11(16)13-8-9/h7-8,14H,3-6H2,1-2H3,(H,13,16). The van der Waals surface area contributed by atoms with E-state index in [1.165, 1.54) is 0 Å². The van der Waals surface area contributed by atoms with Crippen molar-refractivity contribution in [1.29, 1.82) is 0 Å². The van der Waals surface area contributed by atoms with Crippen LogP contribution >= 0.6 is 11.6 Å². The molecule has 0 saturated carbocycles. The van der Waals surface area contributed by atoms with Gasteiger partial charge in [-0.05, 0) is 39.5 Å². The van der Waals surface area contributed by atoms with Crippen molar-refractivity contribution in [3.8, 4) is 0 Å². The van der Waals surface area contributed by atoms with Gasteiger partial charge >= 0.3 is 0 Å². The average molecular weight is 308 g/mol. The molecule has 0 radical (unpaired) electrons. The number of H-pyrrole nitrogens is 1. The Morgan fingerprint density at radius 3 is 2.63 bits per heavy atom. The molecule has 0 amide bonds. The van der Waals surface area contributed by atoms with Gasteiger partial charge in [0.1, 0.15) is 5.02 Å². The first kappa shape index (κ1) is 16.2. The van der Waals surface area contributed by atoms with Gasteiger partial charge in [-0.25, -0.2) is 13.1 Å². The number of unbranched alkanes of at least 4 members (excludes halogenated alkanes) is 1. The molecule has 6 nitrogen and oxygen atoms in total. The van der Waals surface area contributed by atoms with Crippen LogP contribution in [0.4, 0.5) is 0 Å². The molecule has 0 spiro atoms. The number of halogens is 1. The highest BCUT2D eigenvalue weighted by atomic mass is 35.5. The molecule has 108 valence electrons. The molecule has 2 N–H and O–H groups in total. The summed E-state index contributed by atoms with van der Waals surface area (Å²) >= 11 is 5.60. The lowest BCUT2D eigenvalue weighted by atomic mass is 10.3. The third kappa shape index (κ3) is 5.32. The molecule has 0 aliphatic carbocycles. The number of hydrogen-bond acceptors (Lipinski definition) is 4. The first-order valence-electron chi connectivity index (χ1n) is 5.85. The lowest BCUT2D eigenvalue weighted by molar-refractivity contribution is 0.394. The van der Waals surface area contributed by atoms with Crippen molar-refractivity contribution in [2.75, 3.05) is 27.2 Å². The van der Waals surface area contributed by atoms with E-state index in [0.717, 1.165) is 31.6 Å². The number of pyridine rings is 1. The maximum absolute atomic E-state index is 11.9.